The Kier molecular flexibility index (Phi) is 4.57. The molecule has 116 valence electrons. The molecule has 20 heavy (non-hydrogen) atoms. The van der Waals surface area contributed by atoms with E-state index in [9.17, 15) is 4.79 Å². The first-order chi connectivity index (χ1) is 9.28. The zero-order valence-corrected chi connectivity index (χ0v) is 13.3. The predicted molar refractivity (Wildman–Crippen MR) is 78.7 cm³/mol. The van der Waals surface area contributed by atoms with Crippen molar-refractivity contribution < 1.29 is 14.6 Å². The minimum absolute atomic E-state index is 0.0724. The van der Waals surface area contributed by atoms with Crippen LogP contribution in [0, 0.1) is 5.92 Å². The maximum atomic E-state index is 12.6. The lowest BCUT2D eigenvalue weighted by Gasteiger charge is -2.40. The van der Waals surface area contributed by atoms with Crippen molar-refractivity contribution in [3.8, 4) is 0 Å². The van der Waals surface area contributed by atoms with Gasteiger partial charge in [0.2, 0.25) is 0 Å². The fraction of sp³-hybridized carbons (Fsp3) is 0.938. The molecule has 1 N–H and O–H groups in total. The molecule has 0 radical (unpaired) electrons. The SMILES string of the molecule is CC1(C)OC(C)(C)C(CN(CCCO)C2CCC2)C1=O. The minimum Gasteiger partial charge on any atom is -0.396 e. The normalized spacial score (nSPS) is 28.9. The van der Waals surface area contributed by atoms with Crippen LogP contribution in [0.25, 0.3) is 0 Å². The highest BCUT2D eigenvalue weighted by molar-refractivity contribution is 5.91. The quantitative estimate of drug-likeness (QED) is 0.810. The summed E-state index contributed by atoms with van der Waals surface area (Å²) >= 11 is 0. The average molecular weight is 283 g/mol. The zero-order valence-electron chi connectivity index (χ0n) is 13.3. The molecule has 1 saturated carbocycles. The Morgan fingerprint density at radius 1 is 1.30 bits per heavy atom. The van der Waals surface area contributed by atoms with E-state index in [1.807, 2.05) is 27.7 Å². The van der Waals surface area contributed by atoms with Crippen molar-refractivity contribution in [2.75, 3.05) is 19.7 Å². The van der Waals surface area contributed by atoms with E-state index >= 15 is 0 Å². The van der Waals surface area contributed by atoms with Gasteiger partial charge in [0.15, 0.2) is 5.78 Å². The van der Waals surface area contributed by atoms with Gasteiger partial charge in [0.25, 0.3) is 0 Å². The molecule has 1 unspecified atom stereocenters. The van der Waals surface area contributed by atoms with Crippen LogP contribution in [-0.4, -0.2) is 52.7 Å². The number of carbonyl (C=O) groups excluding carboxylic acids is 1. The summed E-state index contributed by atoms with van der Waals surface area (Å²) in [7, 11) is 0. The van der Waals surface area contributed by atoms with Gasteiger partial charge in [-0.1, -0.05) is 6.42 Å². The second-order valence-corrected chi connectivity index (χ2v) is 7.29. The highest BCUT2D eigenvalue weighted by Gasteiger charge is 2.53. The molecule has 4 heteroatoms. The van der Waals surface area contributed by atoms with E-state index < -0.39 is 11.2 Å². The summed E-state index contributed by atoms with van der Waals surface area (Å²) in [6, 6.07) is 0.592. The third-order valence-corrected chi connectivity index (χ3v) is 4.88. The third kappa shape index (κ3) is 3.07. The third-order valence-electron chi connectivity index (χ3n) is 4.88. The van der Waals surface area contributed by atoms with Crippen LogP contribution >= 0.6 is 0 Å². The van der Waals surface area contributed by atoms with Gasteiger partial charge in [0, 0.05) is 25.7 Å². The Hall–Kier alpha value is -0.450. The van der Waals surface area contributed by atoms with E-state index in [0.717, 1.165) is 19.5 Å². The Bertz CT molecular complexity index is 361. The monoisotopic (exact) mass is 283 g/mol. The molecule has 0 bridgehead atoms. The molecule has 0 aromatic carbocycles. The summed E-state index contributed by atoms with van der Waals surface area (Å²) < 4.78 is 5.97. The lowest BCUT2D eigenvalue weighted by molar-refractivity contribution is -0.132. The number of ether oxygens (including phenoxy) is 1. The molecule has 1 saturated heterocycles. The first-order valence-corrected chi connectivity index (χ1v) is 7.87. The largest absolute Gasteiger partial charge is 0.396 e. The topological polar surface area (TPSA) is 49.8 Å². The maximum Gasteiger partial charge on any atom is 0.171 e. The van der Waals surface area contributed by atoms with E-state index in [4.69, 9.17) is 9.84 Å². The van der Waals surface area contributed by atoms with Gasteiger partial charge in [-0.2, -0.15) is 0 Å². The molecule has 2 aliphatic rings. The molecule has 1 heterocycles. The molecule has 0 amide bonds. The second-order valence-electron chi connectivity index (χ2n) is 7.29. The molecule has 0 spiro atoms. The van der Waals surface area contributed by atoms with Gasteiger partial charge < -0.3 is 9.84 Å². The van der Waals surface area contributed by atoms with Crippen molar-refractivity contribution in [2.24, 2.45) is 5.92 Å². The van der Waals surface area contributed by atoms with Crippen molar-refractivity contribution in [1.82, 2.24) is 4.90 Å². The van der Waals surface area contributed by atoms with Gasteiger partial charge in [-0.3, -0.25) is 9.69 Å². The first kappa shape index (κ1) is 15.9. The lowest BCUT2D eigenvalue weighted by Crippen LogP contribution is -2.48. The standard InChI is InChI=1S/C16H29NO3/c1-15(2)13(14(19)16(3,4)20-15)11-17(9-6-10-18)12-7-5-8-12/h12-13,18H,5-11H2,1-4H3. The number of aliphatic hydroxyl groups is 1. The van der Waals surface area contributed by atoms with Crippen molar-refractivity contribution in [1.29, 1.82) is 0 Å². The highest BCUT2D eigenvalue weighted by atomic mass is 16.5. The summed E-state index contributed by atoms with van der Waals surface area (Å²) in [5.41, 5.74) is -1.07. The van der Waals surface area contributed by atoms with Gasteiger partial charge >= 0.3 is 0 Å². The van der Waals surface area contributed by atoms with Crippen LogP contribution in [0.3, 0.4) is 0 Å². The van der Waals surface area contributed by atoms with Crippen LogP contribution in [-0.2, 0) is 9.53 Å². The number of hydrogen-bond acceptors (Lipinski definition) is 4. The van der Waals surface area contributed by atoms with Crippen molar-refractivity contribution in [3.05, 3.63) is 0 Å². The maximum absolute atomic E-state index is 12.6. The van der Waals surface area contributed by atoms with Crippen molar-refractivity contribution >= 4 is 5.78 Å². The Morgan fingerprint density at radius 2 is 1.95 bits per heavy atom. The number of aliphatic hydroxyl groups excluding tert-OH is 1. The van der Waals surface area contributed by atoms with E-state index in [2.05, 4.69) is 4.90 Å². The van der Waals surface area contributed by atoms with Gasteiger partial charge in [-0.05, 0) is 47.0 Å². The van der Waals surface area contributed by atoms with E-state index in [1.165, 1.54) is 19.3 Å². The average Bonchev–Trinajstić information content (AvgIpc) is 2.41. The summed E-state index contributed by atoms with van der Waals surface area (Å²) in [6.07, 6.45) is 4.50. The Balaban J connectivity index is 2.06. The van der Waals surface area contributed by atoms with Gasteiger partial charge in [-0.25, -0.2) is 0 Å². The van der Waals surface area contributed by atoms with Gasteiger partial charge in [-0.15, -0.1) is 0 Å². The molecule has 1 aliphatic carbocycles. The summed E-state index contributed by atoms with van der Waals surface area (Å²) in [4.78, 5) is 15.0. The molecular weight excluding hydrogens is 254 g/mol. The van der Waals surface area contributed by atoms with E-state index in [0.29, 0.717) is 6.04 Å². The number of Topliss-reactive ketones (excluding diaryl/α,β-unsaturated/α-hetero) is 1. The van der Waals surface area contributed by atoms with Crippen LogP contribution in [0.1, 0.15) is 53.4 Å². The minimum atomic E-state index is -0.670. The summed E-state index contributed by atoms with van der Waals surface area (Å²) in [5, 5.41) is 9.07. The van der Waals surface area contributed by atoms with Crippen LogP contribution in [0.15, 0.2) is 0 Å². The lowest BCUT2D eigenvalue weighted by atomic mass is 9.83. The van der Waals surface area contributed by atoms with E-state index in [-0.39, 0.29) is 18.3 Å². The van der Waals surface area contributed by atoms with Crippen LogP contribution in [0.5, 0.6) is 0 Å². The summed E-state index contributed by atoms with van der Waals surface area (Å²) in [5.74, 6) is 0.146. The first-order valence-electron chi connectivity index (χ1n) is 7.87. The van der Waals surface area contributed by atoms with Crippen molar-refractivity contribution in [3.63, 3.8) is 0 Å². The number of rotatable bonds is 6. The second kappa shape index (κ2) is 5.74. The Labute approximate surface area is 122 Å². The smallest absolute Gasteiger partial charge is 0.171 e. The molecule has 1 aliphatic heterocycles. The van der Waals surface area contributed by atoms with Crippen LogP contribution in [0.4, 0.5) is 0 Å². The molecule has 2 fully saturated rings. The number of nitrogens with zero attached hydrogens (tertiary/aromatic N) is 1. The van der Waals surface area contributed by atoms with Crippen molar-refractivity contribution in [2.45, 2.75) is 70.6 Å². The predicted octanol–water partition coefficient (Wildman–Crippen LogP) is 2.00. The number of carbonyl (C=O) groups is 1. The highest BCUT2D eigenvalue weighted by Crippen LogP contribution is 2.40. The summed E-state index contributed by atoms with van der Waals surface area (Å²) in [6.45, 7) is 9.65. The van der Waals surface area contributed by atoms with Crippen LogP contribution in [0.2, 0.25) is 0 Å². The fourth-order valence-corrected chi connectivity index (χ4v) is 3.50. The molecule has 2 rings (SSSR count). The van der Waals surface area contributed by atoms with Crippen LogP contribution < -0.4 is 0 Å². The number of hydrogen-bond donors (Lipinski definition) is 1. The fourth-order valence-electron chi connectivity index (χ4n) is 3.50. The Morgan fingerprint density at radius 3 is 2.35 bits per heavy atom. The number of ketones is 1. The molecular formula is C16H29NO3. The van der Waals surface area contributed by atoms with Gasteiger partial charge in [0.05, 0.1) is 11.5 Å². The molecule has 1 atom stereocenters. The molecule has 0 aromatic rings. The van der Waals surface area contributed by atoms with Gasteiger partial charge in [0.1, 0.15) is 5.60 Å². The van der Waals surface area contributed by atoms with E-state index in [1.54, 1.807) is 0 Å². The zero-order chi connectivity index (χ0) is 15.0. The molecule has 0 aromatic heterocycles. The molecule has 4 nitrogen and oxygen atoms in total.